The number of hydrogen-bond donors (Lipinski definition) is 1. The lowest BCUT2D eigenvalue weighted by Gasteiger charge is -2.51. The third kappa shape index (κ3) is 2.38. The van der Waals surface area contributed by atoms with Crippen LogP contribution in [-0.4, -0.2) is 49.3 Å². The molecule has 0 radical (unpaired) electrons. The zero-order valence-corrected chi connectivity index (χ0v) is 11.1. The number of piperazine rings is 1. The Morgan fingerprint density at radius 3 is 2.65 bits per heavy atom. The molecule has 0 aromatic carbocycles. The van der Waals surface area contributed by atoms with E-state index in [9.17, 15) is 0 Å². The Kier molecular flexibility index (Phi) is 3.42. The van der Waals surface area contributed by atoms with Gasteiger partial charge in [0.1, 0.15) is 0 Å². The lowest BCUT2D eigenvalue weighted by atomic mass is 9.78. The minimum atomic E-state index is 0.467. The SMILES string of the molecule is COC1CC(N2CCNC3(CCCCC3)C2)C1. The van der Waals surface area contributed by atoms with E-state index < -0.39 is 0 Å². The van der Waals surface area contributed by atoms with Crippen molar-refractivity contribution >= 4 is 0 Å². The van der Waals surface area contributed by atoms with Crippen LogP contribution in [0, 0.1) is 0 Å². The van der Waals surface area contributed by atoms with Crippen LogP contribution in [0.5, 0.6) is 0 Å². The number of methoxy groups -OCH3 is 1. The quantitative estimate of drug-likeness (QED) is 0.793. The molecule has 3 nitrogen and oxygen atoms in total. The summed E-state index contributed by atoms with van der Waals surface area (Å²) in [6, 6.07) is 0.806. The Labute approximate surface area is 105 Å². The maximum Gasteiger partial charge on any atom is 0.0601 e. The maximum atomic E-state index is 5.40. The topological polar surface area (TPSA) is 24.5 Å². The molecule has 3 heteroatoms. The molecule has 0 bridgehead atoms. The van der Waals surface area contributed by atoms with E-state index >= 15 is 0 Å². The number of nitrogens with zero attached hydrogens (tertiary/aromatic N) is 1. The molecule has 3 fully saturated rings. The van der Waals surface area contributed by atoms with Crippen molar-refractivity contribution in [3.63, 3.8) is 0 Å². The largest absolute Gasteiger partial charge is 0.381 e. The van der Waals surface area contributed by atoms with Crippen LogP contribution in [0.1, 0.15) is 44.9 Å². The summed E-state index contributed by atoms with van der Waals surface area (Å²) in [4.78, 5) is 2.73. The third-order valence-corrected chi connectivity index (χ3v) is 5.14. The van der Waals surface area contributed by atoms with Gasteiger partial charge in [-0.3, -0.25) is 4.90 Å². The van der Waals surface area contributed by atoms with Crippen molar-refractivity contribution in [3.05, 3.63) is 0 Å². The predicted molar refractivity (Wildman–Crippen MR) is 69.2 cm³/mol. The van der Waals surface area contributed by atoms with Crippen LogP contribution < -0.4 is 5.32 Å². The number of ether oxygens (including phenoxy) is 1. The molecule has 17 heavy (non-hydrogen) atoms. The molecule has 0 unspecified atom stereocenters. The van der Waals surface area contributed by atoms with E-state index in [2.05, 4.69) is 10.2 Å². The smallest absolute Gasteiger partial charge is 0.0601 e. The van der Waals surface area contributed by atoms with Crippen molar-refractivity contribution in [2.75, 3.05) is 26.7 Å². The number of rotatable bonds is 2. The summed E-state index contributed by atoms with van der Waals surface area (Å²) in [5.41, 5.74) is 0.467. The second kappa shape index (κ2) is 4.87. The molecule has 1 aliphatic heterocycles. The van der Waals surface area contributed by atoms with E-state index in [4.69, 9.17) is 4.74 Å². The lowest BCUT2D eigenvalue weighted by molar-refractivity contribution is -0.0471. The van der Waals surface area contributed by atoms with Crippen LogP contribution in [-0.2, 0) is 4.74 Å². The van der Waals surface area contributed by atoms with Crippen molar-refractivity contribution in [1.29, 1.82) is 0 Å². The van der Waals surface area contributed by atoms with Gasteiger partial charge in [0.05, 0.1) is 6.10 Å². The van der Waals surface area contributed by atoms with Gasteiger partial charge < -0.3 is 10.1 Å². The Bertz CT molecular complexity index is 251. The zero-order chi connectivity index (χ0) is 11.7. The first kappa shape index (κ1) is 11.9. The maximum absolute atomic E-state index is 5.40. The molecule has 1 saturated heterocycles. The Morgan fingerprint density at radius 1 is 1.18 bits per heavy atom. The summed E-state index contributed by atoms with van der Waals surface area (Å²) in [5, 5.41) is 3.82. The molecule has 0 aromatic heterocycles. The third-order valence-electron chi connectivity index (χ3n) is 5.14. The molecular weight excluding hydrogens is 212 g/mol. The van der Waals surface area contributed by atoms with Crippen molar-refractivity contribution < 1.29 is 4.74 Å². The van der Waals surface area contributed by atoms with Gasteiger partial charge in [0.2, 0.25) is 0 Å². The first-order valence-corrected chi connectivity index (χ1v) is 7.33. The highest BCUT2D eigenvalue weighted by Crippen LogP contribution is 2.35. The summed E-state index contributed by atoms with van der Waals surface area (Å²) >= 11 is 0. The standard InChI is InChI=1S/C14H26N2O/c1-17-13-9-12(10-13)16-8-7-15-14(11-16)5-3-2-4-6-14/h12-13,15H,2-11H2,1H3. The Balaban J connectivity index is 1.56. The highest BCUT2D eigenvalue weighted by Gasteiger charge is 2.41. The molecule has 1 heterocycles. The van der Waals surface area contributed by atoms with Crippen molar-refractivity contribution in [1.82, 2.24) is 10.2 Å². The molecule has 1 N–H and O–H groups in total. The zero-order valence-electron chi connectivity index (χ0n) is 11.1. The van der Waals surface area contributed by atoms with E-state index in [-0.39, 0.29) is 0 Å². The second-order valence-corrected chi connectivity index (χ2v) is 6.22. The second-order valence-electron chi connectivity index (χ2n) is 6.22. The van der Waals surface area contributed by atoms with E-state index in [0.29, 0.717) is 11.6 Å². The highest BCUT2D eigenvalue weighted by atomic mass is 16.5. The van der Waals surface area contributed by atoms with Gasteiger partial charge in [-0.05, 0) is 25.7 Å². The summed E-state index contributed by atoms with van der Waals surface area (Å²) in [6.45, 7) is 3.71. The fourth-order valence-corrected chi connectivity index (χ4v) is 3.89. The first-order chi connectivity index (χ1) is 8.31. The minimum absolute atomic E-state index is 0.467. The molecule has 1 spiro atoms. The fourth-order valence-electron chi connectivity index (χ4n) is 3.89. The summed E-state index contributed by atoms with van der Waals surface area (Å²) in [6.07, 6.45) is 10.1. The average Bonchev–Trinajstić information content (AvgIpc) is 2.29. The van der Waals surface area contributed by atoms with Gasteiger partial charge >= 0.3 is 0 Å². The van der Waals surface area contributed by atoms with Crippen molar-refractivity contribution in [2.45, 2.75) is 62.6 Å². The van der Waals surface area contributed by atoms with Crippen LogP contribution >= 0.6 is 0 Å². The van der Waals surface area contributed by atoms with E-state index in [1.807, 2.05) is 7.11 Å². The Hall–Kier alpha value is -0.120. The average molecular weight is 238 g/mol. The van der Waals surface area contributed by atoms with Crippen molar-refractivity contribution in [2.24, 2.45) is 0 Å². The summed E-state index contributed by atoms with van der Waals surface area (Å²) in [7, 11) is 1.85. The monoisotopic (exact) mass is 238 g/mol. The van der Waals surface area contributed by atoms with E-state index in [1.165, 1.54) is 64.6 Å². The Morgan fingerprint density at radius 2 is 1.94 bits per heavy atom. The van der Waals surface area contributed by atoms with Gasteiger partial charge in [-0.2, -0.15) is 0 Å². The van der Waals surface area contributed by atoms with Crippen LogP contribution in [0.3, 0.4) is 0 Å². The molecular formula is C14H26N2O. The van der Waals surface area contributed by atoms with Gasteiger partial charge in [-0.15, -0.1) is 0 Å². The van der Waals surface area contributed by atoms with Gasteiger partial charge in [-0.25, -0.2) is 0 Å². The van der Waals surface area contributed by atoms with Gasteiger partial charge in [0, 0.05) is 38.3 Å². The number of nitrogens with one attached hydrogen (secondary N) is 1. The molecule has 0 aromatic rings. The van der Waals surface area contributed by atoms with Crippen LogP contribution in [0.4, 0.5) is 0 Å². The van der Waals surface area contributed by atoms with Gasteiger partial charge in [0.15, 0.2) is 0 Å². The van der Waals surface area contributed by atoms with E-state index in [0.717, 1.165) is 6.04 Å². The van der Waals surface area contributed by atoms with Crippen LogP contribution in [0.2, 0.25) is 0 Å². The first-order valence-electron chi connectivity index (χ1n) is 7.33. The fraction of sp³-hybridized carbons (Fsp3) is 1.00. The molecule has 98 valence electrons. The molecule has 3 rings (SSSR count). The lowest BCUT2D eigenvalue weighted by Crippen LogP contribution is -2.64. The normalized spacial score (nSPS) is 37.9. The van der Waals surface area contributed by atoms with Crippen molar-refractivity contribution in [3.8, 4) is 0 Å². The molecule has 3 aliphatic rings. The summed E-state index contributed by atoms with van der Waals surface area (Å²) in [5.74, 6) is 0. The van der Waals surface area contributed by atoms with Gasteiger partial charge in [0.25, 0.3) is 0 Å². The molecule has 2 aliphatic carbocycles. The van der Waals surface area contributed by atoms with Crippen LogP contribution in [0.25, 0.3) is 0 Å². The molecule has 0 atom stereocenters. The molecule has 2 saturated carbocycles. The highest BCUT2D eigenvalue weighted by molar-refractivity contribution is 5.00. The molecule has 0 amide bonds. The van der Waals surface area contributed by atoms with Gasteiger partial charge in [-0.1, -0.05) is 19.3 Å². The minimum Gasteiger partial charge on any atom is -0.381 e. The summed E-state index contributed by atoms with van der Waals surface area (Å²) < 4.78 is 5.40. The van der Waals surface area contributed by atoms with Crippen LogP contribution in [0.15, 0.2) is 0 Å². The predicted octanol–water partition coefficient (Wildman–Crippen LogP) is 1.77. The van der Waals surface area contributed by atoms with E-state index in [1.54, 1.807) is 0 Å². The number of hydrogen-bond acceptors (Lipinski definition) is 3.